The zero-order valence-corrected chi connectivity index (χ0v) is 22.9. The molecule has 9 rings (SSSR count). The van der Waals surface area contributed by atoms with E-state index in [2.05, 4.69) is 167 Å². The van der Waals surface area contributed by atoms with E-state index in [-0.39, 0.29) is 0 Å². The predicted octanol–water partition coefficient (Wildman–Crippen LogP) is 10.7. The maximum Gasteiger partial charge on any atom is 0.0549 e. The van der Waals surface area contributed by atoms with E-state index in [1.165, 1.54) is 76.9 Å². The first-order chi connectivity index (χ1) is 20.9. The molecule has 0 unspecified atom stereocenters. The summed E-state index contributed by atoms with van der Waals surface area (Å²) in [4.78, 5) is 0. The fourth-order valence-electron chi connectivity index (χ4n) is 6.99. The van der Waals surface area contributed by atoms with Crippen molar-refractivity contribution >= 4 is 54.4 Å². The van der Waals surface area contributed by atoms with Crippen LogP contribution in [-0.2, 0) is 0 Å². The standard InChI is InChI=1S/C40H26N2/c1-2-15-28(16-3-1)41-35-23-10-7-19-32(35)39-37(41)25-26-38-40(39)33-20-8-11-24-36(33)42(38)34-22-9-6-18-31(34)30-21-12-14-27-13-4-5-17-29(27)30/h1-26H. The molecule has 2 heterocycles. The first kappa shape index (κ1) is 23.1. The number of fused-ring (bicyclic) bond motifs is 8. The maximum atomic E-state index is 2.47. The third-order valence-electron chi connectivity index (χ3n) is 8.71. The van der Waals surface area contributed by atoms with Gasteiger partial charge < -0.3 is 9.13 Å². The Labute approximate surface area is 243 Å². The molecule has 7 aromatic carbocycles. The van der Waals surface area contributed by atoms with Crippen LogP contribution in [0.4, 0.5) is 0 Å². The van der Waals surface area contributed by atoms with Crippen molar-refractivity contribution in [3.8, 4) is 22.5 Å². The van der Waals surface area contributed by atoms with E-state index in [1.807, 2.05) is 0 Å². The molecular weight excluding hydrogens is 508 g/mol. The highest BCUT2D eigenvalue weighted by Gasteiger charge is 2.21. The molecule has 0 amide bonds. The largest absolute Gasteiger partial charge is 0.309 e. The van der Waals surface area contributed by atoms with Gasteiger partial charge in [0.1, 0.15) is 0 Å². The number of nitrogens with zero attached hydrogens (tertiary/aromatic N) is 2. The van der Waals surface area contributed by atoms with E-state index in [9.17, 15) is 0 Å². The molecule has 0 bridgehead atoms. The van der Waals surface area contributed by atoms with E-state index >= 15 is 0 Å². The Kier molecular flexibility index (Phi) is 4.93. The van der Waals surface area contributed by atoms with Crippen molar-refractivity contribution < 1.29 is 0 Å². The van der Waals surface area contributed by atoms with Gasteiger partial charge in [-0.1, -0.05) is 115 Å². The second kappa shape index (κ2) is 8.95. The Morgan fingerprint density at radius 1 is 0.310 bits per heavy atom. The fourth-order valence-corrected chi connectivity index (χ4v) is 6.99. The topological polar surface area (TPSA) is 9.86 Å². The smallest absolute Gasteiger partial charge is 0.0549 e. The molecule has 0 aliphatic heterocycles. The van der Waals surface area contributed by atoms with E-state index in [0.717, 1.165) is 0 Å². The van der Waals surface area contributed by atoms with Gasteiger partial charge in [-0.2, -0.15) is 0 Å². The van der Waals surface area contributed by atoms with E-state index < -0.39 is 0 Å². The molecule has 0 saturated carbocycles. The van der Waals surface area contributed by atoms with Gasteiger partial charge in [0.25, 0.3) is 0 Å². The minimum absolute atomic E-state index is 1.17. The number of hydrogen-bond acceptors (Lipinski definition) is 0. The second-order valence-corrected chi connectivity index (χ2v) is 10.9. The van der Waals surface area contributed by atoms with E-state index in [1.54, 1.807) is 0 Å². The molecule has 0 N–H and O–H groups in total. The van der Waals surface area contributed by atoms with E-state index in [4.69, 9.17) is 0 Å². The van der Waals surface area contributed by atoms with Crippen LogP contribution in [0.3, 0.4) is 0 Å². The van der Waals surface area contributed by atoms with Crippen LogP contribution in [0.1, 0.15) is 0 Å². The van der Waals surface area contributed by atoms with Crippen LogP contribution in [0.5, 0.6) is 0 Å². The minimum Gasteiger partial charge on any atom is -0.309 e. The van der Waals surface area contributed by atoms with Crippen LogP contribution >= 0.6 is 0 Å². The van der Waals surface area contributed by atoms with Gasteiger partial charge in [0.2, 0.25) is 0 Å². The zero-order chi connectivity index (χ0) is 27.6. The lowest BCUT2D eigenvalue weighted by molar-refractivity contribution is 1.17. The molecule has 0 atom stereocenters. The molecule has 42 heavy (non-hydrogen) atoms. The summed E-state index contributed by atoms with van der Waals surface area (Å²) in [6, 6.07) is 57.1. The minimum atomic E-state index is 1.17. The second-order valence-electron chi connectivity index (χ2n) is 10.9. The molecule has 0 spiro atoms. The maximum absolute atomic E-state index is 2.47. The summed E-state index contributed by atoms with van der Waals surface area (Å²) in [5.74, 6) is 0. The molecule has 0 aliphatic rings. The number of aromatic nitrogens is 2. The molecule has 196 valence electrons. The number of rotatable bonds is 3. The molecule has 0 radical (unpaired) electrons. The molecule has 9 aromatic rings. The average molecular weight is 535 g/mol. The van der Waals surface area contributed by atoms with Crippen LogP contribution in [0.2, 0.25) is 0 Å². The predicted molar refractivity (Wildman–Crippen MR) is 178 cm³/mol. The summed E-state index contributed by atoms with van der Waals surface area (Å²) in [6.45, 7) is 0. The summed E-state index contributed by atoms with van der Waals surface area (Å²) < 4.78 is 4.87. The number of hydrogen-bond donors (Lipinski definition) is 0. The lowest BCUT2D eigenvalue weighted by Gasteiger charge is -2.15. The van der Waals surface area contributed by atoms with Crippen molar-refractivity contribution in [3.63, 3.8) is 0 Å². The van der Waals surface area contributed by atoms with Gasteiger partial charge >= 0.3 is 0 Å². The van der Waals surface area contributed by atoms with Crippen LogP contribution in [0.25, 0.3) is 76.9 Å². The van der Waals surface area contributed by atoms with E-state index in [0.29, 0.717) is 0 Å². The van der Waals surface area contributed by atoms with Gasteiger partial charge in [-0.15, -0.1) is 0 Å². The normalized spacial score (nSPS) is 11.8. The molecule has 2 heteroatoms. The quantitative estimate of drug-likeness (QED) is 0.213. The Bertz CT molecular complexity index is 2450. The molecular formula is C40H26N2. The van der Waals surface area contributed by atoms with Crippen molar-refractivity contribution in [2.75, 3.05) is 0 Å². The highest BCUT2D eigenvalue weighted by molar-refractivity contribution is 6.29. The van der Waals surface area contributed by atoms with Gasteiger partial charge in [0.05, 0.1) is 27.8 Å². The number of benzene rings is 7. The van der Waals surface area contributed by atoms with Gasteiger partial charge in [-0.3, -0.25) is 0 Å². The Morgan fingerprint density at radius 2 is 0.833 bits per heavy atom. The summed E-state index contributed by atoms with van der Waals surface area (Å²) in [7, 11) is 0. The Morgan fingerprint density at radius 3 is 1.60 bits per heavy atom. The van der Waals surface area contributed by atoms with Gasteiger partial charge in [-0.25, -0.2) is 0 Å². The highest BCUT2D eigenvalue weighted by atomic mass is 15.0. The third kappa shape index (κ3) is 3.21. The van der Waals surface area contributed by atoms with Gasteiger partial charge in [0.15, 0.2) is 0 Å². The highest BCUT2D eigenvalue weighted by Crippen LogP contribution is 2.43. The van der Waals surface area contributed by atoms with Gasteiger partial charge in [-0.05, 0) is 58.8 Å². The van der Waals surface area contributed by atoms with Crippen molar-refractivity contribution in [1.29, 1.82) is 0 Å². The summed E-state index contributed by atoms with van der Waals surface area (Å²) in [6.07, 6.45) is 0. The summed E-state index contributed by atoms with van der Waals surface area (Å²) >= 11 is 0. The lowest BCUT2D eigenvalue weighted by Crippen LogP contribution is -1.97. The number of para-hydroxylation sites is 4. The van der Waals surface area contributed by atoms with Crippen LogP contribution < -0.4 is 0 Å². The van der Waals surface area contributed by atoms with Crippen molar-refractivity contribution in [2.45, 2.75) is 0 Å². The molecule has 0 fully saturated rings. The lowest BCUT2D eigenvalue weighted by atomic mass is 9.97. The Hall–Kier alpha value is -5.60. The van der Waals surface area contributed by atoms with Crippen LogP contribution in [0.15, 0.2) is 158 Å². The Balaban J connectivity index is 1.44. The SMILES string of the molecule is c1ccc(-n2c3ccccc3c3c4c5ccccc5n(-c5ccccc5-c5cccc6ccccc56)c4ccc32)cc1. The van der Waals surface area contributed by atoms with Crippen molar-refractivity contribution in [3.05, 3.63) is 158 Å². The first-order valence-corrected chi connectivity index (χ1v) is 14.5. The van der Waals surface area contributed by atoms with Crippen molar-refractivity contribution in [1.82, 2.24) is 9.13 Å². The van der Waals surface area contributed by atoms with Crippen LogP contribution in [0, 0.1) is 0 Å². The van der Waals surface area contributed by atoms with Crippen LogP contribution in [-0.4, -0.2) is 9.13 Å². The fraction of sp³-hybridized carbons (Fsp3) is 0. The van der Waals surface area contributed by atoms with Crippen molar-refractivity contribution in [2.24, 2.45) is 0 Å². The first-order valence-electron chi connectivity index (χ1n) is 14.5. The molecule has 2 nitrogen and oxygen atoms in total. The zero-order valence-electron chi connectivity index (χ0n) is 22.9. The average Bonchev–Trinajstić information content (AvgIpc) is 3.58. The molecule has 2 aromatic heterocycles. The van der Waals surface area contributed by atoms with Gasteiger partial charge in [0, 0.05) is 32.8 Å². The molecule has 0 aliphatic carbocycles. The monoisotopic (exact) mass is 534 g/mol. The summed E-state index contributed by atoms with van der Waals surface area (Å²) in [5.41, 5.74) is 9.70. The third-order valence-corrected chi connectivity index (χ3v) is 8.71. The molecule has 0 saturated heterocycles. The summed E-state index contributed by atoms with van der Waals surface area (Å²) in [5, 5.41) is 7.64.